The molecule has 0 spiro atoms. The zero-order valence-corrected chi connectivity index (χ0v) is 7.55. The maximum absolute atomic E-state index is 10.6. The number of allylic oxidation sites excluding steroid dienone is 4. The highest BCUT2D eigenvalue weighted by atomic mass is 16.1. The van der Waals surface area contributed by atoms with Gasteiger partial charge in [0.15, 0.2) is 0 Å². The minimum Gasteiger partial charge on any atom is -0.295 e. The highest BCUT2D eigenvalue weighted by Crippen LogP contribution is 2.18. The molecule has 66 valence electrons. The van der Waals surface area contributed by atoms with E-state index in [2.05, 4.69) is 30.9 Å². The van der Waals surface area contributed by atoms with Crippen molar-refractivity contribution in [3.8, 4) is 0 Å². The summed E-state index contributed by atoms with van der Waals surface area (Å²) in [5.74, 6) is 0.687. The van der Waals surface area contributed by atoms with Gasteiger partial charge in [-0.05, 0) is 18.8 Å². The predicted octanol–water partition coefficient (Wildman–Crippen LogP) is 1.06. The van der Waals surface area contributed by atoms with Crippen LogP contribution in [-0.2, 0) is 4.79 Å². The lowest BCUT2D eigenvalue weighted by Gasteiger charge is -2.10. The molecular weight excluding hydrogens is 150 g/mol. The fraction of sp³-hybridized carbons (Fsp3) is 0.500. The summed E-state index contributed by atoms with van der Waals surface area (Å²) in [6, 6.07) is 0. The fourth-order valence-corrected chi connectivity index (χ4v) is 1.24. The molecule has 0 unspecified atom stereocenters. The van der Waals surface area contributed by atoms with E-state index in [-0.39, 0.29) is 5.91 Å². The Kier molecular flexibility index (Phi) is 3.23. The van der Waals surface area contributed by atoms with Gasteiger partial charge in [-0.1, -0.05) is 30.7 Å². The molecule has 0 heterocycles. The number of hydrogen-bond acceptors (Lipinski definition) is 1. The van der Waals surface area contributed by atoms with Crippen LogP contribution in [0.5, 0.6) is 0 Å². The van der Waals surface area contributed by atoms with Crippen molar-refractivity contribution in [1.82, 2.24) is 0 Å². The highest BCUT2D eigenvalue weighted by molar-refractivity contribution is 5.64. The molecular formula is C10H16NO+. The van der Waals surface area contributed by atoms with Gasteiger partial charge in [-0.2, -0.15) is 0 Å². The molecule has 2 nitrogen and oxygen atoms in total. The van der Waals surface area contributed by atoms with Crippen molar-refractivity contribution >= 4 is 5.91 Å². The van der Waals surface area contributed by atoms with Crippen molar-refractivity contribution in [2.24, 2.45) is 5.92 Å². The molecule has 0 bridgehead atoms. The first-order valence-electron chi connectivity index (χ1n) is 4.40. The van der Waals surface area contributed by atoms with Crippen molar-refractivity contribution in [3.63, 3.8) is 0 Å². The van der Waals surface area contributed by atoms with Crippen LogP contribution in [0.4, 0.5) is 0 Å². The Balaban J connectivity index is 2.35. The molecule has 0 saturated heterocycles. The van der Waals surface area contributed by atoms with E-state index in [4.69, 9.17) is 0 Å². The highest BCUT2D eigenvalue weighted by Gasteiger charge is 2.05. The van der Waals surface area contributed by atoms with Crippen molar-refractivity contribution in [2.45, 2.75) is 26.2 Å². The van der Waals surface area contributed by atoms with E-state index in [0.29, 0.717) is 12.3 Å². The molecule has 0 aromatic carbocycles. The molecule has 0 aromatic heterocycles. The Bertz CT molecular complexity index is 228. The third-order valence-electron chi connectivity index (χ3n) is 2.08. The maximum atomic E-state index is 10.6. The molecule has 2 heteroatoms. The maximum Gasteiger partial charge on any atom is 0.309 e. The Morgan fingerprint density at radius 2 is 2.50 bits per heavy atom. The van der Waals surface area contributed by atoms with Crippen molar-refractivity contribution in [2.75, 3.05) is 0 Å². The number of carbonyl (C=O) groups is 1. The molecule has 1 rings (SSSR count). The van der Waals surface area contributed by atoms with Gasteiger partial charge >= 0.3 is 5.91 Å². The third kappa shape index (κ3) is 3.01. The van der Waals surface area contributed by atoms with Crippen LogP contribution in [0.15, 0.2) is 23.8 Å². The van der Waals surface area contributed by atoms with Gasteiger partial charge in [0.2, 0.25) is 0 Å². The minimum absolute atomic E-state index is 0.0305. The second-order valence-electron chi connectivity index (χ2n) is 3.39. The van der Waals surface area contributed by atoms with Gasteiger partial charge in [0.1, 0.15) is 0 Å². The smallest absolute Gasteiger partial charge is 0.295 e. The van der Waals surface area contributed by atoms with E-state index in [1.807, 2.05) is 0 Å². The molecule has 1 atom stereocenters. The Morgan fingerprint density at radius 1 is 1.75 bits per heavy atom. The first-order valence-corrected chi connectivity index (χ1v) is 4.40. The summed E-state index contributed by atoms with van der Waals surface area (Å²) in [7, 11) is 0. The fourth-order valence-electron chi connectivity index (χ4n) is 1.24. The van der Waals surface area contributed by atoms with Gasteiger partial charge in [0, 0.05) is 0 Å². The number of quaternary nitrogens is 1. The number of hydrogen-bond donors (Lipinski definition) is 1. The summed E-state index contributed by atoms with van der Waals surface area (Å²) in [4.78, 5) is 10.6. The molecule has 0 radical (unpaired) electrons. The standard InChI is InChI=1S/C10H15NO/c1-8-2-4-9(5-3-8)6-7-10(11)12/h2,4-5,8H,3,6-7H2,1H3,(H2,11,12)/p+1/t8-/m1/s1. The number of rotatable bonds is 3. The molecule has 0 aromatic rings. The normalized spacial score (nSPS) is 22.2. The summed E-state index contributed by atoms with van der Waals surface area (Å²) in [6.45, 7) is 2.19. The second kappa shape index (κ2) is 4.21. The number of amides is 1. The van der Waals surface area contributed by atoms with E-state index >= 15 is 0 Å². The molecule has 1 amide bonds. The Hall–Kier alpha value is -0.890. The monoisotopic (exact) mass is 166 g/mol. The van der Waals surface area contributed by atoms with Crippen LogP contribution in [0, 0.1) is 5.92 Å². The molecule has 1 aliphatic carbocycles. The summed E-state index contributed by atoms with van der Waals surface area (Å²) in [5.41, 5.74) is 4.63. The zero-order chi connectivity index (χ0) is 8.97. The lowest BCUT2D eigenvalue weighted by atomic mass is 9.96. The van der Waals surface area contributed by atoms with E-state index < -0.39 is 0 Å². The molecule has 3 N–H and O–H groups in total. The minimum atomic E-state index is 0.0305. The summed E-state index contributed by atoms with van der Waals surface area (Å²) in [5, 5.41) is 0. The Labute approximate surface area is 73.1 Å². The van der Waals surface area contributed by atoms with E-state index in [0.717, 1.165) is 12.8 Å². The average molecular weight is 166 g/mol. The van der Waals surface area contributed by atoms with Crippen LogP contribution in [0.25, 0.3) is 0 Å². The molecule has 0 aliphatic heterocycles. The largest absolute Gasteiger partial charge is 0.309 e. The third-order valence-corrected chi connectivity index (χ3v) is 2.08. The quantitative estimate of drug-likeness (QED) is 0.669. The lowest BCUT2D eigenvalue weighted by molar-refractivity contribution is -0.305. The molecule has 0 fully saturated rings. The molecule has 1 aliphatic rings. The SMILES string of the molecule is C[C@@H]1C=CC(CCC([NH3+])=O)=CC1. The van der Waals surface area contributed by atoms with Crippen LogP contribution in [0.2, 0.25) is 0 Å². The lowest BCUT2D eigenvalue weighted by Crippen LogP contribution is -2.56. The van der Waals surface area contributed by atoms with E-state index in [1.54, 1.807) is 0 Å². The molecule has 12 heavy (non-hydrogen) atoms. The van der Waals surface area contributed by atoms with Gasteiger partial charge in [0.05, 0.1) is 6.42 Å². The second-order valence-corrected chi connectivity index (χ2v) is 3.39. The van der Waals surface area contributed by atoms with Crippen molar-refractivity contribution in [3.05, 3.63) is 23.8 Å². The van der Waals surface area contributed by atoms with Gasteiger partial charge in [-0.25, -0.2) is 4.79 Å². The number of carbonyl (C=O) groups excluding carboxylic acids is 1. The van der Waals surface area contributed by atoms with Gasteiger partial charge in [0.25, 0.3) is 0 Å². The van der Waals surface area contributed by atoms with E-state index in [1.165, 1.54) is 5.57 Å². The summed E-state index contributed by atoms with van der Waals surface area (Å²) < 4.78 is 0. The average Bonchev–Trinajstić information content (AvgIpc) is 2.03. The Morgan fingerprint density at radius 3 is 3.00 bits per heavy atom. The van der Waals surface area contributed by atoms with Crippen LogP contribution in [-0.4, -0.2) is 5.91 Å². The topological polar surface area (TPSA) is 44.7 Å². The molecule has 0 saturated carbocycles. The summed E-state index contributed by atoms with van der Waals surface area (Å²) >= 11 is 0. The van der Waals surface area contributed by atoms with Crippen LogP contribution in [0.3, 0.4) is 0 Å². The van der Waals surface area contributed by atoms with Gasteiger partial charge in [-0.15, -0.1) is 0 Å². The van der Waals surface area contributed by atoms with E-state index in [9.17, 15) is 4.79 Å². The zero-order valence-electron chi connectivity index (χ0n) is 7.55. The summed E-state index contributed by atoms with van der Waals surface area (Å²) in [6.07, 6.45) is 9.07. The first kappa shape index (κ1) is 9.20. The van der Waals surface area contributed by atoms with Crippen molar-refractivity contribution in [1.29, 1.82) is 0 Å². The predicted molar refractivity (Wildman–Crippen MR) is 48.1 cm³/mol. The van der Waals surface area contributed by atoms with Gasteiger partial charge in [-0.3, -0.25) is 5.73 Å². The first-order chi connectivity index (χ1) is 5.68. The van der Waals surface area contributed by atoms with Crippen LogP contribution >= 0.6 is 0 Å². The van der Waals surface area contributed by atoms with Gasteiger partial charge < -0.3 is 0 Å². The van der Waals surface area contributed by atoms with Crippen LogP contribution in [0.1, 0.15) is 26.2 Å². The van der Waals surface area contributed by atoms with Crippen LogP contribution < -0.4 is 5.73 Å². The van der Waals surface area contributed by atoms with Crippen molar-refractivity contribution < 1.29 is 10.5 Å².